The summed E-state index contributed by atoms with van der Waals surface area (Å²) in [5.74, 6) is 0. The third-order valence-electron chi connectivity index (χ3n) is 5.13. The molecule has 0 saturated carbocycles. The van der Waals surface area contributed by atoms with E-state index in [1.54, 1.807) is 0 Å². The van der Waals surface area contributed by atoms with Crippen LogP contribution in [0.4, 0.5) is 0 Å². The average Bonchev–Trinajstić information content (AvgIpc) is 2.92. The third kappa shape index (κ3) is 2.81. The van der Waals surface area contributed by atoms with E-state index in [0.717, 1.165) is 6.04 Å². The van der Waals surface area contributed by atoms with Crippen LogP contribution in [0.15, 0.2) is 28.7 Å². The number of halogens is 1. The summed E-state index contributed by atoms with van der Waals surface area (Å²) in [6.45, 7) is 8.53. The first kappa shape index (κ1) is 14.6. The molecule has 1 aromatic rings. The molecule has 0 aromatic heterocycles. The van der Waals surface area contributed by atoms with E-state index in [1.165, 1.54) is 48.9 Å². The summed E-state index contributed by atoms with van der Waals surface area (Å²) in [6.07, 6.45) is 4.03. The Hall–Kier alpha value is -0.380. The molecule has 2 aliphatic rings. The van der Waals surface area contributed by atoms with Gasteiger partial charge in [0.2, 0.25) is 0 Å². The zero-order chi connectivity index (χ0) is 14.1. The minimum Gasteiger partial charge on any atom is -0.298 e. The number of fused-ring (bicyclic) bond motifs is 1. The second kappa shape index (κ2) is 6.17. The minimum absolute atomic E-state index is 0.514. The smallest absolute Gasteiger partial charge is 0.0324 e. The fourth-order valence-corrected chi connectivity index (χ4v) is 4.32. The van der Waals surface area contributed by atoms with Crippen molar-refractivity contribution in [3.05, 3.63) is 34.3 Å². The van der Waals surface area contributed by atoms with Gasteiger partial charge < -0.3 is 0 Å². The molecule has 3 rings (SSSR count). The number of hydrogen-bond acceptors (Lipinski definition) is 2. The Bertz CT molecular complexity index is 462. The van der Waals surface area contributed by atoms with Crippen LogP contribution < -0.4 is 0 Å². The second-order valence-corrected chi connectivity index (χ2v) is 7.20. The molecule has 1 aromatic carbocycles. The quantitative estimate of drug-likeness (QED) is 0.820. The Morgan fingerprint density at radius 1 is 1.35 bits per heavy atom. The summed E-state index contributed by atoms with van der Waals surface area (Å²) >= 11 is 3.60. The number of hydrogen-bond donors (Lipinski definition) is 0. The van der Waals surface area contributed by atoms with E-state index in [4.69, 9.17) is 0 Å². The summed E-state index contributed by atoms with van der Waals surface area (Å²) in [5, 5.41) is 0. The van der Waals surface area contributed by atoms with Crippen LogP contribution >= 0.6 is 15.9 Å². The van der Waals surface area contributed by atoms with Crippen molar-refractivity contribution in [2.24, 2.45) is 0 Å². The van der Waals surface area contributed by atoms with Crippen molar-refractivity contribution in [1.82, 2.24) is 9.80 Å². The highest BCUT2D eigenvalue weighted by Gasteiger charge is 2.37. The summed E-state index contributed by atoms with van der Waals surface area (Å²) < 4.78 is 1.19. The van der Waals surface area contributed by atoms with Crippen molar-refractivity contribution in [2.75, 3.05) is 19.6 Å². The first-order valence-corrected chi connectivity index (χ1v) is 8.73. The number of piperazine rings is 1. The minimum atomic E-state index is 0.514. The summed E-state index contributed by atoms with van der Waals surface area (Å²) in [4.78, 5) is 5.46. The monoisotopic (exact) mass is 336 g/mol. The van der Waals surface area contributed by atoms with Gasteiger partial charge in [-0.15, -0.1) is 0 Å². The number of benzene rings is 1. The molecule has 2 fully saturated rings. The molecule has 0 amide bonds. The molecule has 3 heteroatoms. The van der Waals surface area contributed by atoms with Crippen LogP contribution in [0.1, 0.15) is 44.7 Å². The van der Waals surface area contributed by atoms with E-state index in [0.29, 0.717) is 12.1 Å². The fourth-order valence-electron chi connectivity index (χ4n) is 3.91. The molecule has 0 N–H and O–H groups in total. The maximum atomic E-state index is 3.60. The van der Waals surface area contributed by atoms with Crippen LogP contribution in [-0.4, -0.2) is 41.5 Å². The third-order valence-corrected chi connectivity index (χ3v) is 5.63. The Balaban J connectivity index is 1.79. The second-order valence-electron chi connectivity index (χ2n) is 6.28. The lowest BCUT2D eigenvalue weighted by Gasteiger charge is -2.46. The Labute approximate surface area is 131 Å². The number of rotatable bonds is 3. The molecule has 2 saturated heterocycles. The standard InChI is InChI=1S/C17H25BrN2/c1-3-16-11-19-9-5-8-17(19)12-20(16)13(2)14-6-4-7-15(18)10-14/h4,6-7,10,13,16-17H,3,5,8-9,11-12H2,1-2H3. The highest BCUT2D eigenvalue weighted by atomic mass is 79.9. The lowest BCUT2D eigenvalue weighted by molar-refractivity contribution is 0.0227. The molecule has 0 radical (unpaired) electrons. The van der Waals surface area contributed by atoms with E-state index in [1.807, 2.05) is 0 Å². The van der Waals surface area contributed by atoms with Crippen LogP contribution in [0, 0.1) is 0 Å². The highest BCUT2D eigenvalue weighted by Crippen LogP contribution is 2.32. The first-order valence-electron chi connectivity index (χ1n) is 7.94. The van der Waals surface area contributed by atoms with Gasteiger partial charge in [0.15, 0.2) is 0 Å². The van der Waals surface area contributed by atoms with Gasteiger partial charge in [0.1, 0.15) is 0 Å². The molecular formula is C17H25BrN2. The SMILES string of the molecule is CCC1CN2CCCC2CN1C(C)c1cccc(Br)c1. The van der Waals surface area contributed by atoms with Gasteiger partial charge in [-0.3, -0.25) is 9.80 Å². The molecule has 0 bridgehead atoms. The van der Waals surface area contributed by atoms with Crippen LogP contribution in [0.25, 0.3) is 0 Å². The van der Waals surface area contributed by atoms with Crippen molar-refractivity contribution in [3.8, 4) is 0 Å². The lowest BCUT2D eigenvalue weighted by Crippen LogP contribution is -2.56. The number of nitrogens with zero attached hydrogens (tertiary/aromatic N) is 2. The van der Waals surface area contributed by atoms with Crippen LogP contribution in [0.2, 0.25) is 0 Å². The van der Waals surface area contributed by atoms with Crippen molar-refractivity contribution in [3.63, 3.8) is 0 Å². The van der Waals surface area contributed by atoms with Crippen molar-refractivity contribution in [1.29, 1.82) is 0 Å². The van der Waals surface area contributed by atoms with Gasteiger partial charge in [0, 0.05) is 35.7 Å². The maximum Gasteiger partial charge on any atom is 0.0324 e. The Kier molecular flexibility index (Phi) is 4.49. The van der Waals surface area contributed by atoms with E-state index in [9.17, 15) is 0 Å². The molecular weight excluding hydrogens is 312 g/mol. The van der Waals surface area contributed by atoms with E-state index in [-0.39, 0.29) is 0 Å². The molecule has 110 valence electrons. The summed E-state index contributed by atoms with van der Waals surface area (Å²) in [5.41, 5.74) is 1.43. The average molecular weight is 337 g/mol. The van der Waals surface area contributed by atoms with Gasteiger partial charge in [0.05, 0.1) is 0 Å². The Morgan fingerprint density at radius 3 is 2.95 bits per heavy atom. The molecule has 2 heterocycles. The van der Waals surface area contributed by atoms with E-state index < -0.39 is 0 Å². The van der Waals surface area contributed by atoms with Crippen LogP contribution in [-0.2, 0) is 0 Å². The molecule has 0 spiro atoms. The van der Waals surface area contributed by atoms with Crippen molar-refractivity contribution < 1.29 is 0 Å². The molecule has 20 heavy (non-hydrogen) atoms. The maximum absolute atomic E-state index is 3.60. The molecule has 2 aliphatic heterocycles. The van der Waals surface area contributed by atoms with E-state index in [2.05, 4.69) is 63.8 Å². The van der Waals surface area contributed by atoms with Gasteiger partial charge in [-0.05, 0) is 50.4 Å². The van der Waals surface area contributed by atoms with Gasteiger partial charge in [-0.25, -0.2) is 0 Å². The zero-order valence-corrected chi connectivity index (χ0v) is 14.1. The topological polar surface area (TPSA) is 6.48 Å². The lowest BCUT2D eigenvalue weighted by atomic mass is 9.99. The Morgan fingerprint density at radius 2 is 2.20 bits per heavy atom. The zero-order valence-electron chi connectivity index (χ0n) is 12.6. The van der Waals surface area contributed by atoms with E-state index >= 15 is 0 Å². The van der Waals surface area contributed by atoms with Gasteiger partial charge >= 0.3 is 0 Å². The van der Waals surface area contributed by atoms with Gasteiger partial charge in [0.25, 0.3) is 0 Å². The van der Waals surface area contributed by atoms with Crippen LogP contribution in [0.5, 0.6) is 0 Å². The van der Waals surface area contributed by atoms with Gasteiger partial charge in [-0.2, -0.15) is 0 Å². The highest BCUT2D eigenvalue weighted by molar-refractivity contribution is 9.10. The predicted molar refractivity (Wildman–Crippen MR) is 87.9 cm³/mol. The molecule has 0 aliphatic carbocycles. The first-order chi connectivity index (χ1) is 9.69. The summed E-state index contributed by atoms with van der Waals surface area (Å²) in [6, 6.07) is 10.8. The fraction of sp³-hybridized carbons (Fsp3) is 0.647. The van der Waals surface area contributed by atoms with Crippen molar-refractivity contribution in [2.45, 2.75) is 51.2 Å². The molecule has 3 unspecified atom stereocenters. The summed E-state index contributed by atoms with van der Waals surface area (Å²) in [7, 11) is 0. The molecule has 3 atom stereocenters. The largest absolute Gasteiger partial charge is 0.298 e. The van der Waals surface area contributed by atoms with Gasteiger partial charge in [-0.1, -0.05) is 35.0 Å². The van der Waals surface area contributed by atoms with Crippen molar-refractivity contribution >= 4 is 15.9 Å². The van der Waals surface area contributed by atoms with Crippen LogP contribution in [0.3, 0.4) is 0 Å². The predicted octanol–water partition coefficient (Wildman–Crippen LogP) is 4.07. The normalized spacial score (nSPS) is 29.4. The molecule has 2 nitrogen and oxygen atoms in total.